The number of aryl methyl sites for hydroxylation is 1. The summed E-state index contributed by atoms with van der Waals surface area (Å²) in [7, 11) is 0. The van der Waals surface area contributed by atoms with Crippen LogP contribution in [-0.2, 0) is 0 Å². The molecule has 2 nitrogen and oxygen atoms in total. The lowest BCUT2D eigenvalue weighted by atomic mass is 10.1. The Hall–Kier alpha value is -1.22. The largest absolute Gasteiger partial charge is 0.388 e. The van der Waals surface area contributed by atoms with Crippen LogP contribution in [0, 0.1) is 12.7 Å². The van der Waals surface area contributed by atoms with E-state index < -0.39 is 12.4 Å². The second-order valence-electron chi connectivity index (χ2n) is 2.55. The summed E-state index contributed by atoms with van der Waals surface area (Å²) in [5, 5.41) is 8.51. The van der Waals surface area contributed by atoms with Crippen molar-refractivity contribution in [2.24, 2.45) is 0 Å². The minimum absolute atomic E-state index is 0.343. The zero-order valence-corrected chi connectivity index (χ0v) is 6.67. The van der Waals surface area contributed by atoms with Crippen molar-refractivity contribution in [1.82, 2.24) is 0 Å². The Kier molecular flexibility index (Phi) is 2.55. The molecule has 1 N–H and O–H groups in total. The number of carbonyl (C=O) groups excluding carboxylic acids is 1. The lowest BCUT2D eigenvalue weighted by Gasteiger charge is -1.99. The molecule has 0 aliphatic heterocycles. The normalized spacial score (nSPS) is 9.92. The second kappa shape index (κ2) is 3.45. The van der Waals surface area contributed by atoms with Crippen LogP contribution in [0.2, 0.25) is 0 Å². The quantitative estimate of drug-likeness (QED) is 0.676. The maximum Gasteiger partial charge on any atom is 0.188 e. The topological polar surface area (TPSA) is 37.3 Å². The molecule has 0 spiro atoms. The molecular weight excluding hydrogens is 159 g/mol. The number of benzene rings is 1. The Bertz CT molecular complexity index is 307. The van der Waals surface area contributed by atoms with E-state index in [0.29, 0.717) is 11.1 Å². The molecule has 12 heavy (non-hydrogen) atoms. The van der Waals surface area contributed by atoms with Gasteiger partial charge in [0.2, 0.25) is 0 Å². The van der Waals surface area contributed by atoms with Crippen LogP contribution in [0.15, 0.2) is 18.2 Å². The van der Waals surface area contributed by atoms with Gasteiger partial charge in [-0.15, -0.1) is 0 Å². The lowest BCUT2D eigenvalue weighted by molar-refractivity contribution is 0.0903. The SMILES string of the molecule is Cc1cc(C(=O)CO)ccc1F. The minimum atomic E-state index is -0.537. The van der Waals surface area contributed by atoms with Crippen LogP contribution in [0.4, 0.5) is 4.39 Å². The molecule has 0 bridgehead atoms. The summed E-state index contributed by atoms with van der Waals surface area (Å²) in [6.07, 6.45) is 0. The highest BCUT2D eigenvalue weighted by atomic mass is 19.1. The summed E-state index contributed by atoms with van der Waals surface area (Å²) in [5.74, 6) is -0.734. The van der Waals surface area contributed by atoms with E-state index in [1.54, 1.807) is 6.92 Å². The van der Waals surface area contributed by atoms with Crippen LogP contribution in [0.25, 0.3) is 0 Å². The van der Waals surface area contributed by atoms with Crippen LogP contribution in [0.1, 0.15) is 15.9 Å². The van der Waals surface area contributed by atoms with Crippen molar-refractivity contribution >= 4 is 5.78 Å². The molecule has 0 heterocycles. The van der Waals surface area contributed by atoms with Gasteiger partial charge in [-0.2, -0.15) is 0 Å². The summed E-state index contributed by atoms with van der Waals surface area (Å²) >= 11 is 0. The van der Waals surface area contributed by atoms with Crippen molar-refractivity contribution in [3.05, 3.63) is 35.1 Å². The van der Waals surface area contributed by atoms with Crippen molar-refractivity contribution in [2.75, 3.05) is 6.61 Å². The van der Waals surface area contributed by atoms with E-state index in [1.807, 2.05) is 0 Å². The molecule has 0 aliphatic rings. The smallest absolute Gasteiger partial charge is 0.188 e. The minimum Gasteiger partial charge on any atom is -0.388 e. The van der Waals surface area contributed by atoms with Gasteiger partial charge in [0, 0.05) is 5.56 Å². The molecule has 0 radical (unpaired) electrons. The maximum absolute atomic E-state index is 12.7. The highest BCUT2D eigenvalue weighted by molar-refractivity contribution is 5.97. The number of rotatable bonds is 2. The molecule has 1 aromatic carbocycles. The molecule has 0 saturated heterocycles. The molecule has 0 atom stereocenters. The Balaban J connectivity index is 3.05. The van der Waals surface area contributed by atoms with Gasteiger partial charge in [-0.05, 0) is 30.7 Å². The molecule has 0 amide bonds. The van der Waals surface area contributed by atoms with Gasteiger partial charge in [0.05, 0.1) is 0 Å². The first kappa shape index (κ1) is 8.87. The van der Waals surface area contributed by atoms with E-state index >= 15 is 0 Å². The third-order valence-corrected chi connectivity index (χ3v) is 1.62. The number of aliphatic hydroxyl groups is 1. The summed E-state index contributed by atoms with van der Waals surface area (Å²) in [6, 6.07) is 4.01. The molecule has 1 aromatic rings. The number of hydrogen-bond acceptors (Lipinski definition) is 2. The molecule has 0 aromatic heterocycles. The summed E-state index contributed by atoms with van der Waals surface area (Å²) in [5.41, 5.74) is 0.755. The molecule has 0 aliphatic carbocycles. The maximum atomic E-state index is 12.7. The van der Waals surface area contributed by atoms with Gasteiger partial charge in [0.1, 0.15) is 12.4 Å². The van der Waals surface area contributed by atoms with Gasteiger partial charge < -0.3 is 5.11 Å². The standard InChI is InChI=1S/C9H9FO2/c1-6-4-7(9(12)5-11)2-3-8(6)10/h2-4,11H,5H2,1H3. The molecule has 64 valence electrons. The molecule has 1 rings (SSSR count). The third kappa shape index (κ3) is 1.68. The fourth-order valence-corrected chi connectivity index (χ4v) is 0.909. The Morgan fingerprint density at radius 2 is 2.25 bits per heavy atom. The van der Waals surface area contributed by atoms with Crippen molar-refractivity contribution in [3.63, 3.8) is 0 Å². The van der Waals surface area contributed by atoms with Crippen LogP contribution in [-0.4, -0.2) is 17.5 Å². The van der Waals surface area contributed by atoms with Gasteiger partial charge in [-0.25, -0.2) is 4.39 Å². The van der Waals surface area contributed by atoms with E-state index in [0.717, 1.165) is 0 Å². The molecule has 3 heteroatoms. The number of hydrogen-bond donors (Lipinski definition) is 1. The molecule has 0 unspecified atom stereocenters. The van der Waals surface area contributed by atoms with Gasteiger partial charge in [-0.3, -0.25) is 4.79 Å². The van der Waals surface area contributed by atoms with Crippen molar-refractivity contribution < 1.29 is 14.3 Å². The lowest BCUT2D eigenvalue weighted by Crippen LogP contribution is -2.04. The Morgan fingerprint density at radius 1 is 1.58 bits per heavy atom. The molecular formula is C9H9FO2. The van der Waals surface area contributed by atoms with Crippen LogP contribution >= 0.6 is 0 Å². The number of ketones is 1. The van der Waals surface area contributed by atoms with E-state index in [1.165, 1.54) is 18.2 Å². The average Bonchev–Trinajstić information content (AvgIpc) is 2.08. The number of Topliss-reactive ketones (excluding diaryl/α,β-unsaturated/α-hetero) is 1. The van der Waals surface area contributed by atoms with Gasteiger partial charge in [-0.1, -0.05) is 0 Å². The first-order valence-corrected chi connectivity index (χ1v) is 3.55. The van der Waals surface area contributed by atoms with E-state index in [2.05, 4.69) is 0 Å². The van der Waals surface area contributed by atoms with E-state index in [4.69, 9.17) is 5.11 Å². The first-order chi connectivity index (χ1) is 5.65. The number of carbonyl (C=O) groups is 1. The van der Waals surface area contributed by atoms with Crippen LogP contribution < -0.4 is 0 Å². The van der Waals surface area contributed by atoms with Crippen LogP contribution in [0.5, 0.6) is 0 Å². The summed E-state index contributed by atoms with van der Waals surface area (Å²) < 4.78 is 12.7. The first-order valence-electron chi connectivity index (χ1n) is 3.55. The monoisotopic (exact) mass is 168 g/mol. The Labute approximate surface area is 69.6 Å². The third-order valence-electron chi connectivity index (χ3n) is 1.62. The van der Waals surface area contributed by atoms with Crippen LogP contribution in [0.3, 0.4) is 0 Å². The zero-order chi connectivity index (χ0) is 9.14. The van der Waals surface area contributed by atoms with E-state index in [-0.39, 0.29) is 5.82 Å². The fraction of sp³-hybridized carbons (Fsp3) is 0.222. The summed E-state index contributed by atoms with van der Waals surface area (Å²) in [6.45, 7) is 1.04. The second-order valence-corrected chi connectivity index (χ2v) is 2.55. The molecule has 0 saturated carbocycles. The number of halogens is 1. The fourth-order valence-electron chi connectivity index (χ4n) is 0.909. The van der Waals surface area contributed by atoms with E-state index in [9.17, 15) is 9.18 Å². The average molecular weight is 168 g/mol. The molecule has 0 fully saturated rings. The highest BCUT2D eigenvalue weighted by Crippen LogP contribution is 2.09. The zero-order valence-electron chi connectivity index (χ0n) is 6.67. The summed E-state index contributed by atoms with van der Waals surface area (Å²) in [4.78, 5) is 10.9. The highest BCUT2D eigenvalue weighted by Gasteiger charge is 2.05. The van der Waals surface area contributed by atoms with Gasteiger partial charge >= 0.3 is 0 Å². The van der Waals surface area contributed by atoms with Gasteiger partial charge in [0.25, 0.3) is 0 Å². The Morgan fingerprint density at radius 3 is 2.75 bits per heavy atom. The van der Waals surface area contributed by atoms with Crippen molar-refractivity contribution in [2.45, 2.75) is 6.92 Å². The van der Waals surface area contributed by atoms with Gasteiger partial charge in [0.15, 0.2) is 5.78 Å². The van der Waals surface area contributed by atoms with Crippen molar-refractivity contribution in [3.8, 4) is 0 Å². The predicted molar refractivity (Wildman–Crippen MR) is 42.6 cm³/mol. The van der Waals surface area contributed by atoms with Crippen molar-refractivity contribution in [1.29, 1.82) is 0 Å². The number of aliphatic hydroxyl groups excluding tert-OH is 1. The predicted octanol–water partition coefficient (Wildman–Crippen LogP) is 1.31.